The van der Waals surface area contributed by atoms with E-state index in [0.29, 0.717) is 18.0 Å². The first-order valence-electron chi connectivity index (χ1n) is 9.23. The molecule has 2 N–H and O–H groups in total. The van der Waals surface area contributed by atoms with Crippen LogP contribution in [0, 0.1) is 11.8 Å². The number of hydrogen-bond acceptors (Lipinski definition) is 8. The molecule has 5 atom stereocenters. The molecule has 8 nitrogen and oxygen atoms in total. The fraction of sp³-hybridized carbons (Fsp3) is 0.474. The van der Waals surface area contributed by atoms with Crippen molar-refractivity contribution < 1.29 is 49.4 Å². The van der Waals surface area contributed by atoms with E-state index in [1.54, 1.807) is 13.1 Å². The summed E-state index contributed by atoms with van der Waals surface area (Å²) < 4.78 is 0. The SMILES string of the molecule is C[C@@H](O)[C@H]1C(=O)N2C(C(=O)[O-])=C(SC3CN=C(c4ccccn4)NC3)[C@H](C)[C@H]12.[Na+]. The van der Waals surface area contributed by atoms with Gasteiger partial charge in [-0.05, 0) is 19.1 Å². The summed E-state index contributed by atoms with van der Waals surface area (Å²) in [5.41, 5.74) is 0.716. The molecule has 0 bridgehead atoms. The van der Waals surface area contributed by atoms with Gasteiger partial charge in [0.05, 0.1) is 36.3 Å². The predicted molar refractivity (Wildman–Crippen MR) is 102 cm³/mol. The Morgan fingerprint density at radius 2 is 2.21 bits per heavy atom. The van der Waals surface area contributed by atoms with Gasteiger partial charge in [-0.3, -0.25) is 14.8 Å². The Morgan fingerprint density at radius 3 is 2.76 bits per heavy atom. The molecule has 29 heavy (non-hydrogen) atoms. The van der Waals surface area contributed by atoms with Gasteiger partial charge in [-0.15, -0.1) is 11.8 Å². The van der Waals surface area contributed by atoms with Crippen LogP contribution in [0.1, 0.15) is 19.5 Å². The molecule has 0 saturated carbocycles. The standard InChI is InChI=1S/C19H22N4O4S.Na/c1-9-14-13(10(2)24)18(25)23(14)15(19(26)27)16(9)28-11-7-21-17(22-8-11)12-5-3-4-6-20-12;/h3-6,9-11,13-14,24H,7-8H2,1-2H3,(H,21,22)(H,26,27);/q;+1/p-1/t9-,10-,13-,14-;/m1./s1. The zero-order chi connectivity index (χ0) is 20.0. The van der Waals surface area contributed by atoms with Gasteiger partial charge >= 0.3 is 29.6 Å². The Bertz CT molecular complexity index is 876. The number of amides is 1. The van der Waals surface area contributed by atoms with Crippen molar-refractivity contribution in [3.63, 3.8) is 0 Å². The summed E-state index contributed by atoms with van der Waals surface area (Å²) in [7, 11) is 0. The monoisotopic (exact) mass is 424 g/mol. The summed E-state index contributed by atoms with van der Waals surface area (Å²) in [6.07, 6.45) is 0.891. The molecule has 3 aliphatic rings. The van der Waals surface area contributed by atoms with E-state index in [0.717, 1.165) is 11.5 Å². The van der Waals surface area contributed by atoms with Crippen molar-refractivity contribution in [1.82, 2.24) is 15.2 Å². The number of aliphatic carboxylic acids is 1. The number of nitrogens with zero attached hydrogens (tertiary/aromatic N) is 3. The molecule has 10 heteroatoms. The molecule has 0 aliphatic carbocycles. The fourth-order valence-electron chi connectivity index (χ4n) is 4.13. The Labute approximate surface area is 195 Å². The van der Waals surface area contributed by atoms with Crippen LogP contribution in [-0.4, -0.2) is 63.2 Å². The number of carbonyl (C=O) groups is 2. The first kappa shape index (κ1) is 22.3. The number of carboxylic acids is 1. The fourth-order valence-corrected chi connectivity index (χ4v) is 5.45. The van der Waals surface area contributed by atoms with Crippen LogP contribution in [0.3, 0.4) is 0 Å². The average molecular weight is 424 g/mol. The number of hydrogen-bond donors (Lipinski definition) is 2. The van der Waals surface area contributed by atoms with Crippen LogP contribution in [0.5, 0.6) is 0 Å². The third-order valence-electron chi connectivity index (χ3n) is 5.45. The molecule has 1 fully saturated rings. The minimum atomic E-state index is -1.35. The quantitative estimate of drug-likeness (QED) is 0.370. The number of nitrogens with one attached hydrogen (secondary N) is 1. The first-order valence-corrected chi connectivity index (χ1v) is 10.1. The van der Waals surface area contributed by atoms with E-state index in [-0.39, 0.29) is 58.4 Å². The number of β-lactam (4-membered cyclic amide) rings is 1. The summed E-state index contributed by atoms with van der Waals surface area (Å²) in [5.74, 6) is -1.72. The minimum absolute atomic E-state index is 0. The normalized spacial score (nSPS) is 29.3. The number of carboxylic acid groups (broad SMARTS) is 1. The maximum absolute atomic E-state index is 12.4. The largest absolute Gasteiger partial charge is 1.00 e. The maximum atomic E-state index is 12.4. The van der Waals surface area contributed by atoms with E-state index < -0.39 is 18.0 Å². The molecule has 1 aromatic rings. The zero-order valence-corrected chi connectivity index (χ0v) is 19.3. The molecule has 1 amide bonds. The number of aliphatic hydroxyl groups excluding tert-OH is 1. The van der Waals surface area contributed by atoms with Gasteiger partial charge in [0.1, 0.15) is 11.5 Å². The number of pyridine rings is 1. The van der Waals surface area contributed by atoms with Crippen LogP contribution in [0.15, 0.2) is 40.0 Å². The van der Waals surface area contributed by atoms with Gasteiger partial charge in [0.2, 0.25) is 5.91 Å². The molecule has 4 heterocycles. The summed E-state index contributed by atoms with van der Waals surface area (Å²) in [6.45, 7) is 4.58. The van der Waals surface area contributed by atoms with Gasteiger partial charge in [0, 0.05) is 28.8 Å². The molecule has 1 aromatic heterocycles. The Kier molecular flexibility index (Phi) is 6.74. The van der Waals surface area contributed by atoms with Gasteiger partial charge in [0.15, 0.2) is 0 Å². The van der Waals surface area contributed by atoms with Crippen molar-refractivity contribution in [1.29, 1.82) is 0 Å². The number of rotatable bonds is 5. The third-order valence-corrected chi connectivity index (χ3v) is 6.92. The van der Waals surface area contributed by atoms with Gasteiger partial charge in [-0.1, -0.05) is 13.0 Å². The molecule has 1 saturated heterocycles. The molecule has 3 aliphatic heterocycles. The van der Waals surface area contributed by atoms with Gasteiger partial charge in [-0.2, -0.15) is 0 Å². The van der Waals surface area contributed by atoms with Gasteiger partial charge in [0.25, 0.3) is 0 Å². The predicted octanol–water partition coefficient (Wildman–Crippen LogP) is -3.64. The summed E-state index contributed by atoms with van der Waals surface area (Å²) >= 11 is 1.43. The number of carbonyl (C=O) groups excluding carboxylic acids is 2. The summed E-state index contributed by atoms with van der Waals surface area (Å²) in [6, 6.07) is 5.28. The van der Waals surface area contributed by atoms with Crippen LogP contribution in [0.25, 0.3) is 0 Å². The number of aliphatic imine (C=N–C) groups is 1. The summed E-state index contributed by atoms with van der Waals surface area (Å²) in [5, 5.41) is 24.9. The molecule has 0 aromatic carbocycles. The molecule has 0 spiro atoms. The van der Waals surface area contributed by atoms with E-state index >= 15 is 0 Å². The van der Waals surface area contributed by atoms with Gasteiger partial charge < -0.3 is 25.2 Å². The Balaban J connectivity index is 0.00000240. The van der Waals surface area contributed by atoms with E-state index in [1.165, 1.54) is 16.7 Å². The maximum Gasteiger partial charge on any atom is 1.00 e. The van der Waals surface area contributed by atoms with Crippen LogP contribution in [0.4, 0.5) is 0 Å². The molecule has 0 radical (unpaired) electrons. The van der Waals surface area contributed by atoms with Crippen LogP contribution < -0.4 is 40.0 Å². The zero-order valence-electron chi connectivity index (χ0n) is 16.5. The number of thioether (sulfide) groups is 1. The Morgan fingerprint density at radius 1 is 1.45 bits per heavy atom. The second-order valence-corrected chi connectivity index (χ2v) is 8.62. The van der Waals surface area contributed by atoms with Crippen LogP contribution >= 0.6 is 11.8 Å². The smallest absolute Gasteiger partial charge is 0.543 e. The van der Waals surface area contributed by atoms with Crippen LogP contribution in [-0.2, 0) is 9.59 Å². The van der Waals surface area contributed by atoms with E-state index in [1.807, 2.05) is 25.1 Å². The minimum Gasteiger partial charge on any atom is -0.543 e. The number of fused-ring (bicyclic) bond motifs is 1. The second-order valence-electron chi connectivity index (χ2n) is 7.28. The van der Waals surface area contributed by atoms with E-state index in [9.17, 15) is 19.8 Å². The molecular formula is C19H21N4NaO4S. The van der Waals surface area contributed by atoms with Crippen molar-refractivity contribution in [2.75, 3.05) is 13.1 Å². The van der Waals surface area contributed by atoms with Crippen molar-refractivity contribution in [3.8, 4) is 0 Å². The molecule has 1 unspecified atom stereocenters. The molecule has 148 valence electrons. The van der Waals surface area contributed by atoms with Crippen molar-refractivity contribution in [3.05, 3.63) is 40.7 Å². The topological polar surface area (TPSA) is 118 Å². The first-order chi connectivity index (χ1) is 13.4. The number of aliphatic hydroxyl groups is 1. The Hall–Kier alpha value is -1.39. The third kappa shape index (κ3) is 3.86. The van der Waals surface area contributed by atoms with Crippen molar-refractivity contribution >= 4 is 29.5 Å². The number of aromatic nitrogens is 1. The average Bonchev–Trinajstić information content (AvgIpc) is 2.92. The number of amidine groups is 1. The van der Waals surface area contributed by atoms with E-state index in [4.69, 9.17) is 0 Å². The van der Waals surface area contributed by atoms with Crippen molar-refractivity contribution in [2.45, 2.75) is 31.2 Å². The summed E-state index contributed by atoms with van der Waals surface area (Å²) in [4.78, 5) is 34.9. The van der Waals surface area contributed by atoms with Gasteiger partial charge in [-0.25, -0.2) is 0 Å². The molecular weight excluding hydrogens is 403 g/mol. The van der Waals surface area contributed by atoms with E-state index in [2.05, 4.69) is 15.3 Å². The molecule has 4 rings (SSSR count). The van der Waals surface area contributed by atoms with Crippen molar-refractivity contribution in [2.24, 2.45) is 16.8 Å². The second kappa shape index (κ2) is 8.77. The van der Waals surface area contributed by atoms with Crippen LogP contribution in [0.2, 0.25) is 0 Å².